The molecule has 3 heterocycles. The number of fused-ring (bicyclic) bond motifs is 1. The highest BCUT2D eigenvalue weighted by atomic mass is 35.5. The van der Waals surface area contributed by atoms with Crippen molar-refractivity contribution in [2.24, 2.45) is 4.99 Å². The molecule has 0 saturated carbocycles. The molecule has 0 radical (unpaired) electrons. The molecule has 0 saturated heterocycles. The molecule has 0 bridgehead atoms. The molecule has 7 nitrogen and oxygen atoms in total. The number of nitrogens with one attached hydrogen (secondary N) is 2. The lowest BCUT2D eigenvalue weighted by Crippen LogP contribution is -2.44. The number of likely N-dealkylation sites (N-methyl/N-ethyl adjacent to an activating group) is 1. The lowest BCUT2D eigenvalue weighted by Gasteiger charge is -2.33. The van der Waals surface area contributed by atoms with E-state index in [1.54, 1.807) is 32.8 Å². The van der Waals surface area contributed by atoms with Crippen LogP contribution in [-0.4, -0.2) is 54.2 Å². The van der Waals surface area contributed by atoms with Crippen LogP contribution < -0.4 is 20.9 Å². The molecule has 0 aliphatic carbocycles. The van der Waals surface area contributed by atoms with Gasteiger partial charge in [-0.15, -0.1) is 0 Å². The number of halogens is 3. The summed E-state index contributed by atoms with van der Waals surface area (Å²) in [5.41, 5.74) is 2.64. The molecule has 0 amide bonds. The van der Waals surface area contributed by atoms with E-state index in [0.717, 1.165) is 17.7 Å². The van der Waals surface area contributed by atoms with Gasteiger partial charge in [0.25, 0.3) is 5.92 Å². The van der Waals surface area contributed by atoms with Crippen molar-refractivity contribution in [3.63, 3.8) is 0 Å². The molecular formula is C23H31ClF2N6O. The predicted octanol–water partition coefficient (Wildman–Crippen LogP) is 3.59. The van der Waals surface area contributed by atoms with Crippen LogP contribution >= 0.6 is 11.6 Å². The minimum absolute atomic E-state index is 0.345. The zero-order valence-electron chi connectivity index (χ0n) is 19.6. The number of methoxy groups -OCH3 is 1. The maximum absolute atomic E-state index is 14.0. The van der Waals surface area contributed by atoms with E-state index in [9.17, 15) is 8.78 Å². The molecule has 0 spiro atoms. The Balaban J connectivity index is 0.00000122. The van der Waals surface area contributed by atoms with Crippen LogP contribution in [0.5, 0.6) is 0 Å². The molecule has 1 unspecified atom stereocenters. The Hall–Kier alpha value is -2.78. The summed E-state index contributed by atoms with van der Waals surface area (Å²) >= 11 is 6.09. The summed E-state index contributed by atoms with van der Waals surface area (Å²) in [5, 5.41) is 4.58. The smallest absolute Gasteiger partial charge is 0.262 e. The lowest BCUT2D eigenvalue weighted by molar-refractivity contribution is 0.0286. The summed E-state index contributed by atoms with van der Waals surface area (Å²) in [6.45, 7) is 8.75. The second-order valence-electron chi connectivity index (χ2n) is 7.68. The standard InChI is InChI=1S/C21H25ClF2N6.C2H6O/c1-5-26-13(2)14(3)30(12-21(4,23)24)19-11-25-10-18(29-19)17-9-28-20-16(17)7-6-15(22)8-27-20;1-3-2/h7-11,14,26H,2,5-6,12H2,1,3-4H3,(H,27,28);1-2H3. The van der Waals surface area contributed by atoms with Gasteiger partial charge in [0, 0.05) is 68.0 Å². The molecule has 2 aromatic heterocycles. The molecule has 3 rings (SSSR count). The zero-order chi connectivity index (χ0) is 24.6. The van der Waals surface area contributed by atoms with Gasteiger partial charge < -0.3 is 19.9 Å². The highest BCUT2D eigenvalue weighted by molar-refractivity contribution is 6.29. The number of anilines is 1. The van der Waals surface area contributed by atoms with Gasteiger partial charge >= 0.3 is 0 Å². The molecule has 33 heavy (non-hydrogen) atoms. The van der Waals surface area contributed by atoms with Gasteiger partial charge in [-0.1, -0.05) is 24.3 Å². The molecule has 0 fully saturated rings. The van der Waals surface area contributed by atoms with Crippen molar-refractivity contribution < 1.29 is 13.5 Å². The van der Waals surface area contributed by atoms with E-state index in [1.807, 2.05) is 19.9 Å². The van der Waals surface area contributed by atoms with Crippen LogP contribution in [-0.2, 0) is 4.74 Å². The molecule has 1 aliphatic rings. The minimum atomic E-state index is -2.92. The van der Waals surface area contributed by atoms with E-state index in [-0.39, 0.29) is 0 Å². The van der Waals surface area contributed by atoms with Crippen LogP contribution in [0.4, 0.5) is 14.6 Å². The van der Waals surface area contributed by atoms with E-state index >= 15 is 0 Å². The van der Waals surface area contributed by atoms with Gasteiger partial charge in [-0.3, -0.25) is 4.98 Å². The first-order valence-corrected chi connectivity index (χ1v) is 10.9. The summed E-state index contributed by atoms with van der Waals surface area (Å²) in [6, 6.07) is -0.409. The van der Waals surface area contributed by atoms with Crippen LogP contribution in [0.2, 0.25) is 0 Å². The van der Waals surface area contributed by atoms with E-state index in [2.05, 4.69) is 36.6 Å². The van der Waals surface area contributed by atoms with Crippen molar-refractivity contribution in [2.75, 3.05) is 32.2 Å². The SMILES string of the molecule is C=C(NCC)C(C)N(CC(C)(F)F)c1cncc(-c2c[nH]c3c2=CCC(Cl)=CN=3)n1.COC. The van der Waals surface area contributed by atoms with Crippen LogP contribution in [0.25, 0.3) is 17.3 Å². The summed E-state index contributed by atoms with van der Waals surface area (Å²) in [7, 11) is 3.25. The second-order valence-corrected chi connectivity index (χ2v) is 8.16. The van der Waals surface area contributed by atoms with E-state index in [4.69, 9.17) is 11.6 Å². The number of hydrogen-bond donors (Lipinski definition) is 2. The van der Waals surface area contributed by atoms with Crippen LogP contribution in [0.15, 0.2) is 47.1 Å². The van der Waals surface area contributed by atoms with Gasteiger partial charge in [0.1, 0.15) is 11.3 Å². The molecule has 10 heteroatoms. The fourth-order valence-electron chi connectivity index (χ4n) is 3.24. The molecule has 2 aromatic rings. The summed E-state index contributed by atoms with van der Waals surface area (Å²) in [6.07, 6.45) is 8.98. The van der Waals surface area contributed by atoms with E-state index in [1.165, 1.54) is 11.1 Å². The maximum Gasteiger partial charge on any atom is 0.262 e. The molecule has 2 N–H and O–H groups in total. The quantitative estimate of drug-likeness (QED) is 0.603. The molecular weight excluding hydrogens is 450 g/mol. The first kappa shape index (κ1) is 26.5. The molecule has 180 valence electrons. The van der Waals surface area contributed by atoms with Crippen molar-refractivity contribution in [2.45, 2.75) is 39.2 Å². The van der Waals surface area contributed by atoms with Crippen LogP contribution in [0.1, 0.15) is 27.2 Å². The maximum atomic E-state index is 14.0. The summed E-state index contributed by atoms with van der Waals surface area (Å²) in [5.74, 6) is -2.57. The Morgan fingerprint density at radius 3 is 2.73 bits per heavy atom. The van der Waals surface area contributed by atoms with Crippen molar-refractivity contribution in [1.29, 1.82) is 0 Å². The Morgan fingerprint density at radius 2 is 2.09 bits per heavy atom. The third kappa shape index (κ3) is 7.36. The highest BCUT2D eigenvalue weighted by Crippen LogP contribution is 2.24. The van der Waals surface area contributed by atoms with Gasteiger partial charge in [-0.2, -0.15) is 0 Å². The number of ether oxygens (including phenoxy) is 1. The topological polar surface area (TPSA) is 78.4 Å². The van der Waals surface area contributed by atoms with Gasteiger partial charge in [0.2, 0.25) is 0 Å². The second kappa shape index (κ2) is 11.9. The largest absolute Gasteiger partial charge is 0.388 e. The van der Waals surface area contributed by atoms with Crippen molar-refractivity contribution in [3.05, 3.63) is 52.8 Å². The number of H-pyrrole nitrogens is 1. The Bertz CT molecular complexity index is 1090. The summed E-state index contributed by atoms with van der Waals surface area (Å²) in [4.78, 5) is 17.9. The molecule has 0 aromatic carbocycles. The van der Waals surface area contributed by atoms with Crippen molar-refractivity contribution in [3.8, 4) is 11.3 Å². The van der Waals surface area contributed by atoms with Crippen molar-refractivity contribution >= 4 is 23.5 Å². The van der Waals surface area contributed by atoms with Gasteiger partial charge in [0.15, 0.2) is 0 Å². The third-order valence-electron chi connectivity index (χ3n) is 4.75. The van der Waals surface area contributed by atoms with Gasteiger partial charge in [-0.25, -0.2) is 18.8 Å². The fourth-order valence-corrected chi connectivity index (χ4v) is 3.36. The zero-order valence-corrected chi connectivity index (χ0v) is 20.4. The van der Waals surface area contributed by atoms with Crippen LogP contribution in [0.3, 0.4) is 0 Å². The number of rotatable bonds is 8. The molecule has 1 atom stereocenters. The summed E-state index contributed by atoms with van der Waals surface area (Å²) < 4.78 is 32.2. The van der Waals surface area contributed by atoms with Gasteiger partial charge in [0.05, 0.1) is 30.7 Å². The average Bonchev–Trinajstić information content (AvgIpc) is 3.08. The van der Waals surface area contributed by atoms with E-state index in [0.29, 0.717) is 40.7 Å². The third-order valence-corrected chi connectivity index (χ3v) is 5.00. The number of aromatic nitrogens is 3. The average molecular weight is 481 g/mol. The number of hydrogen-bond acceptors (Lipinski definition) is 6. The van der Waals surface area contributed by atoms with E-state index < -0.39 is 18.5 Å². The number of nitrogens with zero attached hydrogens (tertiary/aromatic N) is 4. The lowest BCUT2D eigenvalue weighted by atomic mass is 10.1. The Morgan fingerprint density at radius 1 is 1.39 bits per heavy atom. The predicted molar refractivity (Wildman–Crippen MR) is 129 cm³/mol. The normalized spacial score (nSPS) is 13.8. The number of alkyl halides is 2. The first-order valence-electron chi connectivity index (χ1n) is 10.5. The number of allylic oxidation sites excluding steroid dienone is 1. The monoisotopic (exact) mass is 480 g/mol. The highest BCUT2D eigenvalue weighted by Gasteiger charge is 2.30. The first-order chi connectivity index (χ1) is 15.6. The number of aromatic amines is 1. The Labute approximate surface area is 197 Å². The Kier molecular flexibility index (Phi) is 9.55. The van der Waals surface area contributed by atoms with Crippen molar-refractivity contribution in [1.82, 2.24) is 20.3 Å². The van der Waals surface area contributed by atoms with Crippen LogP contribution in [0, 0.1) is 0 Å². The minimum Gasteiger partial charge on any atom is -0.388 e. The van der Waals surface area contributed by atoms with Gasteiger partial charge in [-0.05, 0) is 13.8 Å². The fraction of sp³-hybridized carbons (Fsp3) is 0.435. The molecule has 1 aliphatic heterocycles.